The van der Waals surface area contributed by atoms with Gasteiger partial charge in [0.05, 0.1) is 44.6 Å². The number of para-hydroxylation sites is 3. The van der Waals surface area contributed by atoms with Gasteiger partial charge in [0.2, 0.25) is 0 Å². The number of hydrogen-bond acceptors (Lipinski definition) is 1. The van der Waals surface area contributed by atoms with E-state index in [1.54, 1.807) is 0 Å². The van der Waals surface area contributed by atoms with Crippen LogP contribution in [0.2, 0.25) is 0 Å². The van der Waals surface area contributed by atoms with E-state index in [1.807, 2.05) is 0 Å². The van der Waals surface area contributed by atoms with Gasteiger partial charge in [-0.2, -0.15) is 0 Å². The van der Waals surface area contributed by atoms with Gasteiger partial charge in [-0.15, -0.1) is 0 Å². The Bertz CT molecular complexity index is 5190. The van der Waals surface area contributed by atoms with Crippen molar-refractivity contribution in [1.82, 2.24) is 13.7 Å². The molecule has 0 spiro atoms. The molecule has 18 rings (SSSR count). The molecule has 0 fully saturated rings. The molecular weight excluding hydrogens is 944 g/mol. The quantitative estimate of drug-likeness (QED) is 0.161. The third kappa shape index (κ3) is 5.40. The average molecular weight is 991 g/mol. The molecule has 362 valence electrons. The van der Waals surface area contributed by atoms with E-state index in [2.05, 4.69) is 281 Å². The van der Waals surface area contributed by atoms with Crippen molar-refractivity contribution in [3.05, 3.63) is 265 Å². The van der Waals surface area contributed by atoms with Crippen LogP contribution in [0.5, 0.6) is 0 Å². The van der Waals surface area contributed by atoms with Crippen LogP contribution in [0, 0.1) is 0 Å². The van der Waals surface area contributed by atoms with E-state index in [1.165, 1.54) is 148 Å². The van der Waals surface area contributed by atoms with Gasteiger partial charge in [0, 0.05) is 55.1 Å². The van der Waals surface area contributed by atoms with Crippen molar-refractivity contribution in [1.29, 1.82) is 0 Å². The minimum atomic E-state index is -0.354. The van der Waals surface area contributed by atoms with Crippen LogP contribution in [-0.2, 0) is 5.41 Å². The number of rotatable bonds is 3. The minimum absolute atomic E-state index is 0.0916. The van der Waals surface area contributed by atoms with Crippen LogP contribution in [0.3, 0.4) is 0 Å². The summed E-state index contributed by atoms with van der Waals surface area (Å²) in [5.74, 6) is 0. The van der Waals surface area contributed by atoms with E-state index in [-0.39, 0.29) is 12.1 Å². The molecule has 12 aromatic carbocycles. The van der Waals surface area contributed by atoms with Crippen molar-refractivity contribution in [3.8, 4) is 17.1 Å². The van der Waals surface area contributed by atoms with E-state index in [0.717, 1.165) is 11.4 Å². The number of anilines is 3. The molecule has 15 aromatic rings. The second-order valence-electron chi connectivity index (χ2n) is 22.4. The Kier molecular flexibility index (Phi) is 8.25. The zero-order chi connectivity index (χ0) is 51.1. The van der Waals surface area contributed by atoms with Crippen molar-refractivity contribution in [2.45, 2.75) is 19.3 Å². The van der Waals surface area contributed by atoms with Crippen molar-refractivity contribution in [2.75, 3.05) is 4.90 Å². The van der Waals surface area contributed by atoms with Crippen LogP contribution in [0.4, 0.5) is 17.1 Å². The van der Waals surface area contributed by atoms with E-state index >= 15 is 0 Å². The summed E-state index contributed by atoms with van der Waals surface area (Å²) in [6.07, 6.45) is 2.49. The fourth-order valence-electron chi connectivity index (χ4n) is 15.0. The fraction of sp³-hybridized carbons (Fsp3) is 0.0411. The molecule has 78 heavy (non-hydrogen) atoms. The van der Waals surface area contributed by atoms with Crippen LogP contribution in [0.15, 0.2) is 243 Å². The van der Waals surface area contributed by atoms with Crippen LogP contribution in [0.25, 0.3) is 115 Å². The third-order valence-corrected chi connectivity index (χ3v) is 18.1. The predicted octanol–water partition coefficient (Wildman–Crippen LogP) is 17.4. The highest BCUT2D eigenvalue weighted by Gasteiger charge is 2.45. The lowest BCUT2D eigenvalue weighted by Crippen LogP contribution is -2.53. The molecule has 0 saturated carbocycles. The van der Waals surface area contributed by atoms with E-state index in [0.29, 0.717) is 0 Å². The summed E-state index contributed by atoms with van der Waals surface area (Å²) in [7, 11) is 0. The van der Waals surface area contributed by atoms with Crippen molar-refractivity contribution >= 4 is 133 Å². The smallest absolute Gasteiger partial charge is 0.252 e. The van der Waals surface area contributed by atoms with Crippen molar-refractivity contribution in [2.24, 2.45) is 0 Å². The average Bonchev–Trinajstić information content (AvgIpc) is 4.33. The van der Waals surface area contributed by atoms with Crippen LogP contribution < -0.4 is 15.8 Å². The molecule has 0 amide bonds. The van der Waals surface area contributed by atoms with E-state index < -0.39 is 0 Å². The number of aromatic nitrogens is 3. The van der Waals surface area contributed by atoms with Gasteiger partial charge >= 0.3 is 0 Å². The standard InChI is InChI=1S/C73H47BN4/c1-73(2)55-30-16-18-32-60(55)76(63-38-37-62-68(70(63)73)53-29-15-17-31-58(53)75(62)48-24-7-4-8-25-48)49-41-65-71-66(42-49)78-61-36-34-46-22-10-13-27-51(46)67(61)69-52-28-14-11-23-47(52)40-57(72(69)78)74(71)56(39-44-19-5-3-6-20-44)64-43-54-50-26-12-9-21-45(50)33-35-59(54)77(64)65/h3-43H,1-2H3/b56-39+. The summed E-state index contributed by atoms with van der Waals surface area (Å²) in [6, 6.07) is 91.4. The molecule has 3 aliphatic rings. The Morgan fingerprint density at radius 3 is 1.77 bits per heavy atom. The zero-order valence-electron chi connectivity index (χ0n) is 43.0. The molecule has 3 aromatic heterocycles. The first-order valence-electron chi connectivity index (χ1n) is 27.4. The topological polar surface area (TPSA) is 18.0 Å². The predicted molar refractivity (Wildman–Crippen MR) is 331 cm³/mol. The van der Waals surface area contributed by atoms with Gasteiger partial charge in [-0.3, -0.25) is 0 Å². The van der Waals surface area contributed by atoms with Crippen LogP contribution in [0.1, 0.15) is 36.2 Å². The highest BCUT2D eigenvalue weighted by Crippen LogP contribution is 2.57. The van der Waals surface area contributed by atoms with Gasteiger partial charge in [0.15, 0.2) is 0 Å². The molecule has 0 saturated heterocycles. The first-order chi connectivity index (χ1) is 38.5. The molecule has 6 heterocycles. The summed E-state index contributed by atoms with van der Waals surface area (Å²) < 4.78 is 7.75. The first kappa shape index (κ1) is 42.4. The summed E-state index contributed by atoms with van der Waals surface area (Å²) in [6.45, 7) is 4.79. The molecule has 0 radical (unpaired) electrons. The second kappa shape index (κ2) is 15.2. The molecule has 3 aliphatic heterocycles. The molecule has 0 aliphatic carbocycles. The highest BCUT2D eigenvalue weighted by atomic mass is 15.2. The number of fused-ring (bicyclic) bond motifs is 21. The van der Waals surface area contributed by atoms with E-state index in [9.17, 15) is 0 Å². The maximum Gasteiger partial charge on any atom is 0.252 e. The summed E-state index contributed by atoms with van der Waals surface area (Å²) in [5.41, 5.74) is 21.9. The maximum atomic E-state index is 2.67. The lowest BCUT2D eigenvalue weighted by molar-refractivity contribution is 0.638. The summed E-state index contributed by atoms with van der Waals surface area (Å²) in [5, 5.41) is 14.0. The molecular formula is C73H47BN4. The Morgan fingerprint density at radius 1 is 0.385 bits per heavy atom. The second-order valence-corrected chi connectivity index (χ2v) is 22.4. The first-order valence-corrected chi connectivity index (χ1v) is 27.4. The van der Waals surface area contributed by atoms with Crippen LogP contribution >= 0.6 is 0 Å². The summed E-state index contributed by atoms with van der Waals surface area (Å²) in [4.78, 5) is 2.61. The third-order valence-electron chi connectivity index (χ3n) is 18.1. The Labute approximate surface area is 450 Å². The molecule has 4 nitrogen and oxygen atoms in total. The lowest BCUT2D eigenvalue weighted by Gasteiger charge is -2.43. The molecule has 0 unspecified atom stereocenters. The van der Waals surface area contributed by atoms with Crippen molar-refractivity contribution in [3.63, 3.8) is 0 Å². The fourth-order valence-corrected chi connectivity index (χ4v) is 15.0. The molecule has 5 heteroatoms. The Morgan fingerprint density at radius 2 is 0.974 bits per heavy atom. The van der Waals surface area contributed by atoms with Crippen molar-refractivity contribution < 1.29 is 0 Å². The molecule has 0 atom stereocenters. The number of benzene rings is 12. The SMILES string of the molecule is CC1(C)c2ccccc2N(c2cc3c4c(c2)-n2c5ccc6ccccc6c5c5c6ccccc6cc(c52)B4/C(=C/c2ccccc2)c2cc4c5ccccc5ccc4n2-3)c2ccc3c(c21)c1ccccc1n3-c1ccccc1. The maximum absolute atomic E-state index is 2.67. The zero-order valence-corrected chi connectivity index (χ0v) is 43.0. The highest BCUT2D eigenvalue weighted by molar-refractivity contribution is 7.03. The van der Waals surface area contributed by atoms with Gasteiger partial charge in [0.1, 0.15) is 0 Å². The Balaban J connectivity index is 1.03. The minimum Gasteiger partial charge on any atom is -0.311 e. The normalized spacial score (nSPS) is 14.6. The molecule has 0 bridgehead atoms. The number of hydrogen-bond donors (Lipinski definition) is 0. The Hall–Kier alpha value is -9.84. The molecule has 0 N–H and O–H groups in total. The van der Waals surface area contributed by atoms with Gasteiger partial charge in [-0.25, -0.2) is 0 Å². The van der Waals surface area contributed by atoms with Gasteiger partial charge in [-0.1, -0.05) is 196 Å². The van der Waals surface area contributed by atoms with E-state index in [4.69, 9.17) is 0 Å². The largest absolute Gasteiger partial charge is 0.311 e. The van der Waals surface area contributed by atoms with Gasteiger partial charge in [-0.05, 0) is 132 Å². The summed E-state index contributed by atoms with van der Waals surface area (Å²) >= 11 is 0. The van der Waals surface area contributed by atoms with Gasteiger partial charge in [0.25, 0.3) is 6.71 Å². The van der Waals surface area contributed by atoms with Gasteiger partial charge < -0.3 is 18.6 Å². The monoisotopic (exact) mass is 990 g/mol. The number of nitrogens with zero attached hydrogens (tertiary/aromatic N) is 4. The lowest BCUT2D eigenvalue weighted by atomic mass is 9.33. The van der Waals surface area contributed by atoms with Crippen LogP contribution in [-0.4, -0.2) is 20.4 Å².